The molecule has 3 aromatic carbocycles. The fourth-order valence-corrected chi connectivity index (χ4v) is 5.13. The second-order valence-electron chi connectivity index (χ2n) is 7.34. The van der Waals surface area contributed by atoms with Crippen molar-refractivity contribution in [2.24, 2.45) is 11.1 Å². The van der Waals surface area contributed by atoms with Gasteiger partial charge in [0.1, 0.15) is 0 Å². The lowest BCUT2D eigenvalue weighted by atomic mass is 9.76. The van der Waals surface area contributed by atoms with Crippen LogP contribution in [0.15, 0.2) is 77.7 Å². The number of hydrogen-bond acceptors (Lipinski definition) is 3. The Hall–Kier alpha value is -2.63. The van der Waals surface area contributed by atoms with Crippen LogP contribution in [0.25, 0.3) is 10.8 Å². The van der Waals surface area contributed by atoms with Gasteiger partial charge >= 0.3 is 0 Å². The SMILES string of the molecule is NS(=O)(=O)c1ccc2c(c1)[C@@H]1C=CC[C@@H]1[C@H](c1cccc3ccccc13)N2. The van der Waals surface area contributed by atoms with Crippen LogP contribution < -0.4 is 10.5 Å². The maximum absolute atomic E-state index is 11.8. The molecule has 0 saturated carbocycles. The predicted octanol–water partition coefficient (Wildman–Crippen LogP) is 4.31. The molecule has 27 heavy (non-hydrogen) atoms. The van der Waals surface area contributed by atoms with Crippen LogP contribution in [-0.2, 0) is 10.0 Å². The Labute approximate surface area is 158 Å². The molecule has 0 radical (unpaired) electrons. The van der Waals surface area contributed by atoms with Crippen LogP contribution in [0.4, 0.5) is 5.69 Å². The van der Waals surface area contributed by atoms with Crippen LogP contribution in [0.2, 0.25) is 0 Å². The summed E-state index contributed by atoms with van der Waals surface area (Å²) in [7, 11) is -3.71. The maximum atomic E-state index is 11.8. The van der Waals surface area contributed by atoms with E-state index in [-0.39, 0.29) is 16.9 Å². The lowest BCUT2D eigenvalue weighted by Gasteiger charge is -2.38. The van der Waals surface area contributed by atoms with Crippen LogP contribution in [0.5, 0.6) is 0 Å². The molecule has 3 aromatic rings. The molecule has 1 aliphatic heterocycles. The number of hydrogen-bond donors (Lipinski definition) is 2. The molecule has 4 nitrogen and oxygen atoms in total. The van der Waals surface area contributed by atoms with Gasteiger partial charge in [-0.2, -0.15) is 0 Å². The summed E-state index contributed by atoms with van der Waals surface area (Å²) in [5.41, 5.74) is 3.28. The monoisotopic (exact) mass is 376 g/mol. The molecule has 5 heteroatoms. The Bertz CT molecular complexity index is 1180. The average Bonchev–Trinajstić information content (AvgIpc) is 3.16. The summed E-state index contributed by atoms with van der Waals surface area (Å²) in [6, 6.07) is 20.2. The average molecular weight is 376 g/mol. The second kappa shape index (κ2) is 5.94. The zero-order chi connectivity index (χ0) is 18.6. The molecule has 1 heterocycles. The number of primary sulfonamides is 1. The first-order valence-corrected chi connectivity index (χ1v) is 10.6. The lowest BCUT2D eigenvalue weighted by Crippen LogP contribution is -2.29. The van der Waals surface area contributed by atoms with E-state index in [1.165, 1.54) is 16.3 Å². The summed E-state index contributed by atoms with van der Waals surface area (Å²) in [6.07, 6.45) is 5.37. The molecule has 0 amide bonds. The third-order valence-electron chi connectivity index (χ3n) is 5.82. The summed E-state index contributed by atoms with van der Waals surface area (Å²) in [4.78, 5) is 0.172. The molecule has 3 N–H and O–H groups in total. The summed E-state index contributed by atoms with van der Waals surface area (Å²) in [5.74, 6) is 0.533. The molecule has 0 aromatic heterocycles. The predicted molar refractivity (Wildman–Crippen MR) is 108 cm³/mol. The molecule has 136 valence electrons. The zero-order valence-electron chi connectivity index (χ0n) is 14.7. The van der Waals surface area contributed by atoms with Gasteiger partial charge < -0.3 is 5.32 Å². The van der Waals surface area contributed by atoms with Crippen molar-refractivity contribution >= 4 is 26.5 Å². The van der Waals surface area contributed by atoms with Gasteiger partial charge in [-0.05, 0) is 52.4 Å². The number of nitrogens with one attached hydrogen (secondary N) is 1. The Balaban J connectivity index is 1.66. The van der Waals surface area contributed by atoms with Gasteiger partial charge in [0, 0.05) is 11.6 Å². The van der Waals surface area contributed by atoms with Crippen LogP contribution >= 0.6 is 0 Å². The number of rotatable bonds is 2. The highest BCUT2D eigenvalue weighted by atomic mass is 32.2. The third-order valence-corrected chi connectivity index (χ3v) is 6.73. The second-order valence-corrected chi connectivity index (χ2v) is 8.90. The Morgan fingerprint density at radius 2 is 1.78 bits per heavy atom. The van der Waals surface area contributed by atoms with Crippen LogP contribution in [0, 0.1) is 5.92 Å². The van der Waals surface area contributed by atoms with Gasteiger partial charge in [-0.15, -0.1) is 0 Å². The van der Waals surface area contributed by atoms with Crippen molar-refractivity contribution in [2.45, 2.75) is 23.3 Å². The topological polar surface area (TPSA) is 72.2 Å². The first kappa shape index (κ1) is 16.5. The fraction of sp³-hybridized carbons (Fsp3) is 0.182. The Morgan fingerprint density at radius 3 is 2.63 bits per heavy atom. The molecule has 0 unspecified atom stereocenters. The molecule has 1 aliphatic carbocycles. The largest absolute Gasteiger partial charge is 0.378 e. The van der Waals surface area contributed by atoms with Crippen molar-refractivity contribution in [3.63, 3.8) is 0 Å². The summed E-state index contributed by atoms with van der Waals surface area (Å²) < 4.78 is 23.6. The van der Waals surface area contributed by atoms with Gasteiger partial charge in [-0.3, -0.25) is 0 Å². The normalized spacial score (nSPS) is 23.7. The van der Waals surface area contributed by atoms with E-state index in [9.17, 15) is 8.42 Å². The van der Waals surface area contributed by atoms with E-state index in [2.05, 4.69) is 59.9 Å². The van der Waals surface area contributed by atoms with Gasteiger partial charge in [0.05, 0.1) is 10.9 Å². The van der Waals surface area contributed by atoms with Crippen LogP contribution in [-0.4, -0.2) is 8.42 Å². The third kappa shape index (κ3) is 2.66. The zero-order valence-corrected chi connectivity index (χ0v) is 15.5. The first-order valence-electron chi connectivity index (χ1n) is 9.10. The van der Waals surface area contributed by atoms with Crippen LogP contribution in [0.3, 0.4) is 0 Å². The minimum absolute atomic E-state index is 0.170. The number of nitrogens with two attached hydrogens (primary N) is 1. The quantitative estimate of drug-likeness (QED) is 0.655. The van der Waals surface area contributed by atoms with Crippen molar-refractivity contribution in [2.75, 3.05) is 5.32 Å². The van der Waals surface area contributed by atoms with Crippen molar-refractivity contribution in [1.29, 1.82) is 0 Å². The minimum atomic E-state index is -3.71. The van der Waals surface area contributed by atoms with Crippen molar-refractivity contribution < 1.29 is 8.42 Å². The number of benzene rings is 3. The van der Waals surface area contributed by atoms with Crippen molar-refractivity contribution in [3.8, 4) is 0 Å². The minimum Gasteiger partial charge on any atom is -0.378 e. The summed E-state index contributed by atoms with van der Waals surface area (Å²) in [5, 5.41) is 11.5. The van der Waals surface area contributed by atoms with E-state index in [0.29, 0.717) is 5.92 Å². The highest BCUT2D eigenvalue weighted by Gasteiger charge is 2.38. The van der Waals surface area contributed by atoms with E-state index < -0.39 is 10.0 Å². The highest BCUT2D eigenvalue weighted by molar-refractivity contribution is 7.89. The van der Waals surface area contributed by atoms with Crippen molar-refractivity contribution in [3.05, 3.63) is 83.9 Å². The Kier molecular flexibility index (Phi) is 3.64. The van der Waals surface area contributed by atoms with Gasteiger partial charge in [0.15, 0.2) is 0 Å². The summed E-state index contributed by atoms with van der Waals surface area (Å²) >= 11 is 0. The van der Waals surface area contributed by atoms with Gasteiger partial charge in [0.25, 0.3) is 0 Å². The van der Waals surface area contributed by atoms with Crippen molar-refractivity contribution in [1.82, 2.24) is 0 Å². The number of fused-ring (bicyclic) bond motifs is 4. The van der Waals surface area contributed by atoms with E-state index in [1.807, 2.05) is 6.07 Å². The maximum Gasteiger partial charge on any atom is 0.238 e. The molecule has 3 atom stereocenters. The van der Waals surface area contributed by atoms with Crippen LogP contribution in [0.1, 0.15) is 29.5 Å². The molecule has 2 aliphatic rings. The molecule has 0 bridgehead atoms. The number of sulfonamides is 1. The standard InChI is InChI=1S/C22H20N2O2S/c23-27(25,26)15-11-12-21-20(13-15)17-8-4-10-19(17)22(24-21)18-9-3-6-14-5-1-2-7-16(14)18/h1-9,11-13,17,19,22,24H,10H2,(H2,23,25,26)/t17-,19+,22+/m1/s1. The molecular formula is C22H20N2O2S. The number of allylic oxidation sites excluding steroid dienone is 2. The molecule has 0 saturated heterocycles. The van der Waals surface area contributed by atoms with E-state index in [1.54, 1.807) is 12.1 Å². The van der Waals surface area contributed by atoms with Gasteiger partial charge in [-0.25, -0.2) is 13.6 Å². The first-order chi connectivity index (χ1) is 13.0. The summed E-state index contributed by atoms with van der Waals surface area (Å²) in [6.45, 7) is 0. The molecular weight excluding hydrogens is 356 g/mol. The van der Waals surface area contributed by atoms with Gasteiger partial charge in [0.2, 0.25) is 10.0 Å². The fourth-order valence-electron chi connectivity index (χ4n) is 4.58. The lowest BCUT2D eigenvalue weighted by molar-refractivity contribution is 0.427. The molecule has 0 spiro atoms. The van der Waals surface area contributed by atoms with E-state index >= 15 is 0 Å². The van der Waals surface area contributed by atoms with E-state index in [4.69, 9.17) is 5.14 Å². The molecule has 5 rings (SSSR count). The van der Waals surface area contributed by atoms with E-state index in [0.717, 1.165) is 17.7 Å². The van der Waals surface area contributed by atoms with Gasteiger partial charge in [-0.1, -0.05) is 54.6 Å². The number of anilines is 1. The highest BCUT2D eigenvalue weighted by Crippen LogP contribution is 2.51. The smallest absolute Gasteiger partial charge is 0.238 e. The Morgan fingerprint density at radius 1 is 0.963 bits per heavy atom. The molecule has 0 fully saturated rings.